The first kappa shape index (κ1) is 14.5. The minimum atomic E-state index is 0.524. The van der Waals surface area contributed by atoms with Gasteiger partial charge in [-0.1, -0.05) is 0 Å². The highest BCUT2D eigenvalue weighted by molar-refractivity contribution is 5.58. The van der Waals surface area contributed by atoms with E-state index in [4.69, 9.17) is 15.6 Å². The molecule has 116 valence electrons. The van der Waals surface area contributed by atoms with Gasteiger partial charge < -0.3 is 15.1 Å². The van der Waals surface area contributed by atoms with Crippen LogP contribution in [0.5, 0.6) is 0 Å². The highest BCUT2D eigenvalue weighted by atomic mass is 16.5. The molecule has 1 aromatic rings. The number of rotatable bonds is 5. The summed E-state index contributed by atoms with van der Waals surface area (Å²) in [6, 6.07) is 0. The van der Waals surface area contributed by atoms with E-state index in [-0.39, 0.29) is 0 Å². The van der Waals surface area contributed by atoms with Crippen LogP contribution in [0.25, 0.3) is 0 Å². The summed E-state index contributed by atoms with van der Waals surface area (Å²) in [6.07, 6.45) is 4.80. The molecule has 0 spiro atoms. The fraction of sp³-hybridized carbons (Fsp3) is 0.733. The first-order valence-corrected chi connectivity index (χ1v) is 7.82. The Hall–Kier alpha value is -1.40. The molecule has 0 amide bonds. The topological polar surface area (TPSA) is 76.3 Å². The van der Waals surface area contributed by atoms with Crippen molar-refractivity contribution in [3.63, 3.8) is 0 Å². The molecule has 21 heavy (non-hydrogen) atoms. The molecule has 3 rings (SSSR count). The van der Waals surface area contributed by atoms with E-state index in [1.54, 1.807) is 7.11 Å². The van der Waals surface area contributed by atoms with Gasteiger partial charge in [0.05, 0.1) is 6.61 Å². The quantitative estimate of drug-likeness (QED) is 0.636. The van der Waals surface area contributed by atoms with Crippen LogP contribution in [0.2, 0.25) is 0 Å². The monoisotopic (exact) mass is 291 g/mol. The van der Waals surface area contributed by atoms with Gasteiger partial charge in [-0.3, -0.25) is 0 Å². The summed E-state index contributed by atoms with van der Waals surface area (Å²) in [5.74, 6) is 9.48. The van der Waals surface area contributed by atoms with Gasteiger partial charge in [0.2, 0.25) is 0 Å². The third-order valence-corrected chi connectivity index (χ3v) is 4.44. The normalized spacial score (nSPS) is 22.4. The zero-order chi connectivity index (χ0) is 14.8. The van der Waals surface area contributed by atoms with Gasteiger partial charge in [0.15, 0.2) is 0 Å². The first-order chi connectivity index (χ1) is 10.2. The van der Waals surface area contributed by atoms with Crippen molar-refractivity contribution >= 4 is 11.6 Å². The fourth-order valence-corrected chi connectivity index (χ4v) is 3.12. The van der Waals surface area contributed by atoms with Crippen LogP contribution >= 0.6 is 0 Å². The van der Waals surface area contributed by atoms with Crippen LogP contribution in [0.3, 0.4) is 0 Å². The molecular formula is C15H25N5O. The molecule has 6 heteroatoms. The molecule has 2 heterocycles. The molecule has 0 bridgehead atoms. The van der Waals surface area contributed by atoms with Crippen molar-refractivity contribution in [2.24, 2.45) is 11.8 Å². The molecule has 1 unspecified atom stereocenters. The highest BCUT2D eigenvalue weighted by Gasteiger charge is 2.30. The van der Waals surface area contributed by atoms with Gasteiger partial charge in [0, 0.05) is 31.7 Å². The Kier molecular flexibility index (Phi) is 4.26. The number of ether oxygens (including phenoxy) is 1. The Labute approximate surface area is 126 Å². The lowest BCUT2D eigenvalue weighted by atomic mass is 9.98. The highest BCUT2D eigenvalue weighted by Crippen LogP contribution is 2.40. The minimum Gasteiger partial charge on any atom is -0.384 e. The SMILES string of the molecule is COCC1CCCN(c2nc(C3CC3)nc(NN)c2C)C1. The lowest BCUT2D eigenvalue weighted by Crippen LogP contribution is -2.38. The average Bonchev–Trinajstić information content (AvgIpc) is 3.33. The Morgan fingerprint density at radius 1 is 1.33 bits per heavy atom. The number of hydrazine groups is 1. The third-order valence-electron chi connectivity index (χ3n) is 4.44. The molecule has 6 nitrogen and oxygen atoms in total. The molecule has 1 aliphatic carbocycles. The summed E-state index contributed by atoms with van der Waals surface area (Å²) < 4.78 is 5.32. The number of piperidine rings is 1. The molecule has 1 aliphatic heterocycles. The Balaban J connectivity index is 1.87. The van der Waals surface area contributed by atoms with Crippen LogP contribution in [0.15, 0.2) is 0 Å². The number of hydrogen-bond acceptors (Lipinski definition) is 6. The molecule has 0 aromatic carbocycles. The van der Waals surface area contributed by atoms with Crippen molar-refractivity contribution in [2.45, 2.75) is 38.5 Å². The number of nitrogen functional groups attached to an aromatic ring is 1. The summed E-state index contributed by atoms with van der Waals surface area (Å²) >= 11 is 0. The third kappa shape index (κ3) is 3.11. The molecule has 1 saturated heterocycles. The maximum atomic E-state index is 5.63. The zero-order valence-electron chi connectivity index (χ0n) is 12.9. The van der Waals surface area contributed by atoms with Crippen LogP contribution < -0.4 is 16.2 Å². The molecule has 3 N–H and O–H groups in total. The second-order valence-corrected chi connectivity index (χ2v) is 6.21. The average molecular weight is 291 g/mol. The number of nitrogens with one attached hydrogen (secondary N) is 1. The number of methoxy groups -OCH3 is 1. The number of hydrogen-bond donors (Lipinski definition) is 2. The summed E-state index contributed by atoms with van der Waals surface area (Å²) in [6.45, 7) is 4.91. The van der Waals surface area contributed by atoms with Crippen LogP contribution in [0.4, 0.5) is 11.6 Å². The van der Waals surface area contributed by atoms with Crippen molar-refractivity contribution in [1.29, 1.82) is 0 Å². The predicted molar refractivity (Wildman–Crippen MR) is 83.4 cm³/mol. The van der Waals surface area contributed by atoms with E-state index in [0.29, 0.717) is 11.8 Å². The zero-order valence-corrected chi connectivity index (χ0v) is 12.9. The van der Waals surface area contributed by atoms with Crippen molar-refractivity contribution in [1.82, 2.24) is 9.97 Å². The number of aromatic nitrogens is 2. The molecule has 2 aliphatic rings. The van der Waals surface area contributed by atoms with Crippen LogP contribution in [0, 0.1) is 12.8 Å². The van der Waals surface area contributed by atoms with E-state index >= 15 is 0 Å². The second-order valence-electron chi connectivity index (χ2n) is 6.21. The number of nitrogens with two attached hydrogens (primary N) is 1. The molecule has 1 atom stereocenters. The fourth-order valence-electron chi connectivity index (χ4n) is 3.12. The summed E-state index contributed by atoms with van der Waals surface area (Å²) in [5, 5.41) is 0. The summed E-state index contributed by atoms with van der Waals surface area (Å²) in [5.41, 5.74) is 3.77. The number of nitrogens with zero attached hydrogens (tertiary/aromatic N) is 3. The molecule has 2 fully saturated rings. The van der Waals surface area contributed by atoms with E-state index in [0.717, 1.165) is 42.7 Å². The van der Waals surface area contributed by atoms with Gasteiger partial charge in [-0.25, -0.2) is 15.8 Å². The van der Waals surface area contributed by atoms with Crippen molar-refractivity contribution in [3.05, 3.63) is 11.4 Å². The van der Waals surface area contributed by atoms with Gasteiger partial charge in [0.25, 0.3) is 0 Å². The molecule has 0 radical (unpaired) electrons. The smallest absolute Gasteiger partial charge is 0.148 e. The van der Waals surface area contributed by atoms with Gasteiger partial charge in [-0.05, 0) is 38.5 Å². The van der Waals surface area contributed by atoms with Gasteiger partial charge in [-0.15, -0.1) is 0 Å². The Morgan fingerprint density at radius 3 is 2.81 bits per heavy atom. The lowest BCUT2D eigenvalue weighted by Gasteiger charge is -2.34. The second kappa shape index (κ2) is 6.15. The maximum absolute atomic E-state index is 5.63. The van der Waals surface area contributed by atoms with E-state index in [9.17, 15) is 0 Å². The largest absolute Gasteiger partial charge is 0.384 e. The number of anilines is 2. The van der Waals surface area contributed by atoms with Gasteiger partial charge in [-0.2, -0.15) is 0 Å². The van der Waals surface area contributed by atoms with Crippen molar-refractivity contribution < 1.29 is 4.74 Å². The molecule has 1 saturated carbocycles. The Morgan fingerprint density at radius 2 is 2.14 bits per heavy atom. The van der Waals surface area contributed by atoms with Crippen molar-refractivity contribution in [3.8, 4) is 0 Å². The molecular weight excluding hydrogens is 266 g/mol. The van der Waals surface area contributed by atoms with E-state index in [1.807, 2.05) is 6.92 Å². The van der Waals surface area contributed by atoms with Crippen molar-refractivity contribution in [2.75, 3.05) is 37.1 Å². The maximum Gasteiger partial charge on any atom is 0.148 e. The standard InChI is InChI=1S/C15H25N5O/c1-10-13(19-16)17-14(12-5-6-12)18-15(10)20-7-3-4-11(8-20)9-21-2/h11-12H,3-9,16H2,1-2H3,(H,17,18,19). The van der Waals surface area contributed by atoms with E-state index in [1.165, 1.54) is 25.7 Å². The first-order valence-electron chi connectivity index (χ1n) is 7.82. The summed E-state index contributed by atoms with van der Waals surface area (Å²) in [4.78, 5) is 11.8. The van der Waals surface area contributed by atoms with Crippen LogP contribution in [-0.4, -0.2) is 36.8 Å². The molecule has 1 aromatic heterocycles. The van der Waals surface area contributed by atoms with Gasteiger partial charge in [0.1, 0.15) is 17.5 Å². The van der Waals surface area contributed by atoms with Crippen LogP contribution in [-0.2, 0) is 4.74 Å². The minimum absolute atomic E-state index is 0.524. The van der Waals surface area contributed by atoms with E-state index < -0.39 is 0 Å². The summed E-state index contributed by atoms with van der Waals surface area (Å²) in [7, 11) is 1.77. The Bertz CT molecular complexity index is 501. The predicted octanol–water partition coefficient (Wildman–Crippen LogP) is 1.81. The van der Waals surface area contributed by atoms with E-state index in [2.05, 4.69) is 15.3 Å². The van der Waals surface area contributed by atoms with Gasteiger partial charge >= 0.3 is 0 Å². The van der Waals surface area contributed by atoms with Crippen LogP contribution in [0.1, 0.15) is 43.0 Å². The lowest BCUT2D eigenvalue weighted by molar-refractivity contribution is 0.143.